The first-order valence-electron chi connectivity index (χ1n) is 11.9. The van der Waals surface area contributed by atoms with E-state index in [1.807, 2.05) is 6.92 Å². The zero-order valence-corrected chi connectivity index (χ0v) is 20.4. The summed E-state index contributed by atoms with van der Waals surface area (Å²) in [5, 5.41) is 13.0. The van der Waals surface area contributed by atoms with E-state index in [9.17, 15) is 28.8 Å². The van der Waals surface area contributed by atoms with E-state index < -0.39 is 46.9 Å². The number of rotatable bonds is 12. The van der Waals surface area contributed by atoms with E-state index in [1.165, 1.54) is 0 Å². The Balaban J connectivity index is 2.03. The van der Waals surface area contributed by atoms with Crippen LogP contribution in [0.5, 0.6) is 0 Å². The maximum Gasteiger partial charge on any atom is 0.289 e. The smallest absolute Gasteiger partial charge is 0.289 e. The highest BCUT2D eigenvalue weighted by Gasteiger charge is 2.37. The molecule has 1 aliphatic heterocycles. The average molecular weight is 480 g/mol. The zero-order chi connectivity index (χ0) is 25.5. The van der Waals surface area contributed by atoms with Crippen LogP contribution in [0.1, 0.15) is 66.2 Å². The number of carbonyl (C=O) groups excluding carboxylic acids is 6. The summed E-state index contributed by atoms with van der Waals surface area (Å²) in [5.74, 6) is -3.77. The summed E-state index contributed by atoms with van der Waals surface area (Å²) in [6.07, 6.45) is 2.98. The molecule has 0 spiro atoms. The van der Waals surface area contributed by atoms with Crippen molar-refractivity contribution in [3.63, 3.8) is 0 Å². The molecule has 0 unspecified atom stereocenters. The average Bonchev–Trinajstić information content (AvgIpc) is 3.49. The van der Waals surface area contributed by atoms with Gasteiger partial charge in [0.1, 0.15) is 6.04 Å². The monoisotopic (exact) mass is 479 g/mol. The van der Waals surface area contributed by atoms with Crippen LogP contribution >= 0.6 is 0 Å². The van der Waals surface area contributed by atoms with E-state index >= 15 is 0 Å². The van der Waals surface area contributed by atoms with Crippen LogP contribution in [0.15, 0.2) is 0 Å². The molecule has 2 aliphatic rings. The molecule has 0 aromatic rings. The van der Waals surface area contributed by atoms with Crippen molar-refractivity contribution in [3.8, 4) is 0 Å². The molecule has 2 rings (SSSR count). The van der Waals surface area contributed by atoms with Gasteiger partial charge in [-0.3, -0.25) is 28.8 Å². The van der Waals surface area contributed by atoms with Crippen LogP contribution in [-0.4, -0.2) is 66.5 Å². The van der Waals surface area contributed by atoms with Gasteiger partial charge in [-0.2, -0.15) is 0 Å². The normalized spacial score (nSPS) is 19.4. The molecule has 0 aromatic carbocycles. The molecular formula is C23H37N5O6. The van der Waals surface area contributed by atoms with Gasteiger partial charge in [-0.15, -0.1) is 0 Å². The molecule has 1 saturated heterocycles. The third-order valence-corrected chi connectivity index (χ3v) is 5.77. The number of Topliss-reactive ketones (excluding diaryl/α,β-unsaturated/α-hetero) is 1. The second kappa shape index (κ2) is 11.9. The maximum atomic E-state index is 13.0. The van der Waals surface area contributed by atoms with Gasteiger partial charge >= 0.3 is 0 Å². The molecule has 1 saturated carbocycles. The SMILES string of the molecule is CCC[C@H](NC(=O)CNC(=O)C(C)(C)C)C(=O)N[C@@H](C[C@@H]1CCNC1=O)C(=O)C(=O)NC1CC1. The molecule has 5 amide bonds. The molecule has 0 aromatic heterocycles. The van der Waals surface area contributed by atoms with Crippen molar-refractivity contribution in [2.75, 3.05) is 13.1 Å². The molecule has 0 radical (unpaired) electrons. The molecular weight excluding hydrogens is 442 g/mol. The van der Waals surface area contributed by atoms with Crippen molar-refractivity contribution in [3.05, 3.63) is 0 Å². The van der Waals surface area contributed by atoms with Gasteiger partial charge in [0.25, 0.3) is 5.91 Å². The molecule has 0 bridgehead atoms. The topological polar surface area (TPSA) is 163 Å². The minimum absolute atomic E-state index is 0.00290. The largest absolute Gasteiger partial charge is 0.356 e. The van der Waals surface area contributed by atoms with Gasteiger partial charge in [-0.25, -0.2) is 0 Å². The summed E-state index contributed by atoms with van der Waals surface area (Å²) in [6.45, 7) is 7.17. The van der Waals surface area contributed by atoms with Gasteiger partial charge < -0.3 is 26.6 Å². The Morgan fingerprint density at radius 2 is 1.71 bits per heavy atom. The van der Waals surface area contributed by atoms with Crippen LogP contribution < -0.4 is 26.6 Å². The van der Waals surface area contributed by atoms with Gasteiger partial charge in [0, 0.05) is 23.9 Å². The number of hydrogen-bond donors (Lipinski definition) is 5. The molecule has 3 atom stereocenters. The Morgan fingerprint density at radius 1 is 1.03 bits per heavy atom. The lowest BCUT2D eigenvalue weighted by Gasteiger charge is -2.24. The molecule has 11 nitrogen and oxygen atoms in total. The fraction of sp³-hybridized carbons (Fsp3) is 0.739. The van der Waals surface area contributed by atoms with Crippen LogP contribution in [0.3, 0.4) is 0 Å². The Bertz CT molecular complexity index is 817. The number of carbonyl (C=O) groups is 6. The van der Waals surface area contributed by atoms with Gasteiger partial charge in [0.15, 0.2) is 0 Å². The van der Waals surface area contributed by atoms with Crippen LogP contribution in [0.2, 0.25) is 0 Å². The summed E-state index contributed by atoms with van der Waals surface area (Å²) in [4.78, 5) is 74.5. The van der Waals surface area contributed by atoms with Crippen molar-refractivity contribution < 1.29 is 28.8 Å². The van der Waals surface area contributed by atoms with Gasteiger partial charge in [0.05, 0.1) is 12.6 Å². The summed E-state index contributed by atoms with van der Waals surface area (Å²) in [6, 6.07) is -2.17. The molecule has 34 heavy (non-hydrogen) atoms. The van der Waals surface area contributed by atoms with Crippen molar-refractivity contribution in [1.82, 2.24) is 26.6 Å². The minimum atomic E-state index is -1.18. The molecule has 190 valence electrons. The fourth-order valence-corrected chi connectivity index (χ4v) is 3.53. The summed E-state index contributed by atoms with van der Waals surface area (Å²) in [7, 11) is 0. The van der Waals surface area contributed by atoms with Crippen LogP contribution in [0, 0.1) is 11.3 Å². The van der Waals surface area contributed by atoms with E-state index in [1.54, 1.807) is 20.8 Å². The van der Waals surface area contributed by atoms with Crippen LogP contribution in [0.25, 0.3) is 0 Å². The van der Waals surface area contributed by atoms with E-state index in [4.69, 9.17) is 0 Å². The van der Waals surface area contributed by atoms with Crippen LogP contribution in [0.4, 0.5) is 0 Å². The number of ketones is 1. The highest BCUT2D eigenvalue weighted by atomic mass is 16.2. The number of nitrogens with one attached hydrogen (secondary N) is 5. The summed E-state index contributed by atoms with van der Waals surface area (Å²) in [5.41, 5.74) is -0.665. The highest BCUT2D eigenvalue weighted by molar-refractivity contribution is 6.38. The van der Waals surface area contributed by atoms with Crippen molar-refractivity contribution in [1.29, 1.82) is 0 Å². The Labute approximate surface area is 199 Å². The van der Waals surface area contributed by atoms with Crippen molar-refractivity contribution >= 4 is 35.3 Å². The van der Waals surface area contributed by atoms with Crippen LogP contribution in [-0.2, 0) is 28.8 Å². The van der Waals surface area contributed by atoms with Gasteiger partial charge in [-0.1, -0.05) is 34.1 Å². The predicted molar refractivity (Wildman–Crippen MR) is 123 cm³/mol. The minimum Gasteiger partial charge on any atom is -0.356 e. The zero-order valence-electron chi connectivity index (χ0n) is 20.4. The summed E-state index contributed by atoms with van der Waals surface area (Å²) >= 11 is 0. The quantitative estimate of drug-likeness (QED) is 0.232. The first kappa shape index (κ1) is 27.3. The molecule has 5 N–H and O–H groups in total. The highest BCUT2D eigenvalue weighted by Crippen LogP contribution is 2.20. The Morgan fingerprint density at radius 3 is 2.24 bits per heavy atom. The third kappa shape index (κ3) is 8.42. The number of hydrogen-bond acceptors (Lipinski definition) is 6. The second-order valence-corrected chi connectivity index (χ2v) is 10.0. The molecule has 11 heteroatoms. The first-order chi connectivity index (χ1) is 15.9. The first-order valence-corrected chi connectivity index (χ1v) is 11.9. The Kier molecular flexibility index (Phi) is 9.57. The standard InChI is InChI=1S/C23H37N5O6/c1-5-6-15(27-17(29)12-25-22(34)23(2,3)4)20(32)28-16(11-13-9-10-24-19(13)31)18(30)21(33)26-14-7-8-14/h13-16H,5-12H2,1-4H3,(H,24,31)(H,25,34)(H,26,33)(H,27,29)(H,28,32)/t13-,15-,16-/m0/s1. The van der Waals surface area contributed by atoms with E-state index in [0.717, 1.165) is 12.8 Å². The molecule has 2 fully saturated rings. The number of amides is 5. The Hall–Kier alpha value is -2.98. The predicted octanol–water partition coefficient (Wildman–Crippen LogP) is -0.708. The van der Waals surface area contributed by atoms with E-state index in [-0.39, 0.29) is 30.8 Å². The molecule has 1 aliphatic carbocycles. The molecule has 1 heterocycles. The van der Waals surface area contributed by atoms with E-state index in [0.29, 0.717) is 25.8 Å². The van der Waals surface area contributed by atoms with E-state index in [2.05, 4.69) is 26.6 Å². The maximum absolute atomic E-state index is 13.0. The van der Waals surface area contributed by atoms with Crippen molar-refractivity contribution in [2.24, 2.45) is 11.3 Å². The lowest BCUT2D eigenvalue weighted by atomic mass is 9.95. The fourth-order valence-electron chi connectivity index (χ4n) is 3.53. The summed E-state index contributed by atoms with van der Waals surface area (Å²) < 4.78 is 0. The lowest BCUT2D eigenvalue weighted by molar-refractivity contribution is -0.141. The van der Waals surface area contributed by atoms with Crippen molar-refractivity contribution in [2.45, 2.75) is 84.3 Å². The third-order valence-electron chi connectivity index (χ3n) is 5.77. The van der Waals surface area contributed by atoms with Gasteiger partial charge in [0.2, 0.25) is 29.4 Å². The van der Waals surface area contributed by atoms with Gasteiger partial charge in [-0.05, 0) is 32.1 Å². The lowest BCUT2D eigenvalue weighted by Crippen LogP contribution is -2.55. The second-order valence-electron chi connectivity index (χ2n) is 10.0.